The second-order valence-corrected chi connectivity index (χ2v) is 2.96. The van der Waals surface area contributed by atoms with Gasteiger partial charge in [-0.1, -0.05) is 0 Å². The Kier molecular flexibility index (Phi) is 1.62. The van der Waals surface area contributed by atoms with E-state index in [9.17, 15) is 0 Å². The van der Waals surface area contributed by atoms with Crippen LogP contribution in [-0.4, -0.2) is 11.5 Å². The van der Waals surface area contributed by atoms with E-state index in [0.717, 1.165) is 19.5 Å². The molecule has 2 nitrogen and oxygen atoms in total. The average Bonchev–Trinajstić information content (AvgIpc) is 2.06. The van der Waals surface area contributed by atoms with Gasteiger partial charge in [0.05, 0.1) is 0 Å². The fourth-order valence-electron chi connectivity index (χ4n) is 1.59. The van der Waals surface area contributed by atoms with Crippen molar-refractivity contribution in [2.45, 2.75) is 19.9 Å². The van der Waals surface area contributed by atoms with Gasteiger partial charge < -0.3 is 5.32 Å². The zero-order valence-electron chi connectivity index (χ0n) is 6.72. The second-order valence-electron chi connectivity index (χ2n) is 2.96. The van der Waals surface area contributed by atoms with E-state index >= 15 is 0 Å². The Morgan fingerprint density at radius 1 is 1.55 bits per heavy atom. The number of hydrogen-bond acceptors (Lipinski definition) is 2. The molecule has 0 saturated heterocycles. The zero-order chi connectivity index (χ0) is 7.68. The molecule has 0 saturated carbocycles. The maximum absolute atomic E-state index is 4.26. The van der Waals surface area contributed by atoms with Gasteiger partial charge in [0.15, 0.2) is 0 Å². The number of hydrogen-bond donors (Lipinski definition) is 1. The summed E-state index contributed by atoms with van der Waals surface area (Å²) in [5, 5.41) is 3.34. The predicted octanol–water partition coefficient (Wildman–Crippen LogP) is 1.04. The molecule has 1 N–H and O–H groups in total. The van der Waals surface area contributed by atoms with Crippen molar-refractivity contribution < 1.29 is 0 Å². The van der Waals surface area contributed by atoms with Crippen molar-refractivity contribution in [3.63, 3.8) is 0 Å². The van der Waals surface area contributed by atoms with E-state index in [1.165, 1.54) is 16.8 Å². The van der Waals surface area contributed by atoms with Gasteiger partial charge in [-0.2, -0.15) is 0 Å². The van der Waals surface area contributed by atoms with E-state index in [1.54, 1.807) is 0 Å². The standard InChI is InChI=1S/C9H12N2/c1-7-9-3-4-10-6-8(9)2-5-11-7/h2,5,10H,3-4,6H2,1H3. The molecule has 1 aromatic heterocycles. The van der Waals surface area contributed by atoms with Crippen LogP contribution in [0.1, 0.15) is 16.8 Å². The van der Waals surface area contributed by atoms with Crippen LogP contribution in [0, 0.1) is 6.92 Å². The van der Waals surface area contributed by atoms with Crippen LogP contribution in [0.3, 0.4) is 0 Å². The van der Waals surface area contributed by atoms with Gasteiger partial charge in [0.1, 0.15) is 0 Å². The predicted molar refractivity (Wildman–Crippen MR) is 44.4 cm³/mol. The number of pyridine rings is 1. The van der Waals surface area contributed by atoms with E-state index in [1.807, 2.05) is 6.20 Å². The Bertz CT molecular complexity index is 268. The topological polar surface area (TPSA) is 24.9 Å². The molecule has 58 valence electrons. The molecule has 1 aliphatic heterocycles. The molecule has 0 aromatic carbocycles. The van der Waals surface area contributed by atoms with Crippen LogP contribution < -0.4 is 5.32 Å². The fraction of sp³-hybridized carbons (Fsp3) is 0.444. The summed E-state index contributed by atoms with van der Waals surface area (Å²) >= 11 is 0. The molecule has 2 rings (SSSR count). The summed E-state index contributed by atoms with van der Waals surface area (Å²) < 4.78 is 0. The number of fused-ring (bicyclic) bond motifs is 1. The van der Waals surface area contributed by atoms with Crippen molar-refractivity contribution in [3.05, 3.63) is 29.1 Å². The van der Waals surface area contributed by atoms with E-state index in [4.69, 9.17) is 0 Å². The highest BCUT2D eigenvalue weighted by Gasteiger charge is 2.09. The highest BCUT2D eigenvalue weighted by atomic mass is 14.9. The van der Waals surface area contributed by atoms with Gasteiger partial charge in [0.25, 0.3) is 0 Å². The molecule has 1 aliphatic rings. The summed E-state index contributed by atoms with van der Waals surface area (Å²) in [6.07, 6.45) is 3.02. The highest BCUT2D eigenvalue weighted by molar-refractivity contribution is 5.31. The van der Waals surface area contributed by atoms with Crippen molar-refractivity contribution in [1.82, 2.24) is 10.3 Å². The first-order valence-corrected chi connectivity index (χ1v) is 4.02. The third-order valence-electron chi connectivity index (χ3n) is 2.24. The molecule has 0 aliphatic carbocycles. The second kappa shape index (κ2) is 2.62. The molecule has 0 bridgehead atoms. The molecule has 11 heavy (non-hydrogen) atoms. The van der Waals surface area contributed by atoms with Crippen LogP contribution >= 0.6 is 0 Å². The first-order valence-electron chi connectivity index (χ1n) is 4.02. The summed E-state index contributed by atoms with van der Waals surface area (Å²) in [6, 6.07) is 2.11. The maximum Gasteiger partial charge on any atom is 0.0408 e. The van der Waals surface area contributed by atoms with Crippen molar-refractivity contribution >= 4 is 0 Å². The molecular formula is C9H12N2. The number of aromatic nitrogens is 1. The Morgan fingerprint density at radius 3 is 3.27 bits per heavy atom. The molecule has 0 atom stereocenters. The lowest BCUT2D eigenvalue weighted by molar-refractivity contribution is 0.637. The molecule has 2 heterocycles. The zero-order valence-corrected chi connectivity index (χ0v) is 6.72. The largest absolute Gasteiger partial charge is 0.312 e. The van der Waals surface area contributed by atoms with Gasteiger partial charge in [0.2, 0.25) is 0 Å². The lowest BCUT2D eigenvalue weighted by Gasteiger charge is -2.17. The Morgan fingerprint density at radius 2 is 2.45 bits per heavy atom. The van der Waals surface area contributed by atoms with Gasteiger partial charge in [0, 0.05) is 18.4 Å². The fourth-order valence-corrected chi connectivity index (χ4v) is 1.59. The van der Waals surface area contributed by atoms with Crippen molar-refractivity contribution in [1.29, 1.82) is 0 Å². The minimum absolute atomic E-state index is 1.01. The maximum atomic E-state index is 4.26. The molecule has 0 fully saturated rings. The van der Waals surface area contributed by atoms with Crippen LogP contribution in [0.2, 0.25) is 0 Å². The normalized spacial score (nSPS) is 16.1. The van der Waals surface area contributed by atoms with Crippen LogP contribution in [0.25, 0.3) is 0 Å². The number of aryl methyl sites for hydroxylation is 1. The molecular weight excluding hydrogens is 136 g/mol. The van der Waals surface area contributed by atoms with Crippen LogP contribution in [0.4, 0.5) is 0 Å². The molecule has 2 heteroatoms. The van der Waals surface area contributed by atoms with Gasteiger partial charge in [-0.05, 0) is 37.1 Å². The summed E-state index contributed by atoms with van der Waals surface area (Å²) in [4.78, 5) is 4.26. The van der Waals surface area contributed by atoms with Gasteiger partial charge in [-0.15, -0.1) is 0 Å². The Hall–Kier alpha value is -0.890. The van der Waals surface area contributed by atoms with E-state index in [0.29, 0.717) is 0 Å². The summed E-state index contributed by atoms with van der Waals surface area (Å²) in [7, 11) is 0. The van der Waals surface area contributed by atoms with Crippen LogP contribution in [-0.2, 0) is 13.0 Å². The lowest BCUT2D eigenvalue weighted by Crippen LogP contribution is -2.24. The first kappa shape index (κ1) is 6.80. The molecule has 1 aromatic rings. The quantitative estimate of drug-likeness (QED) is 0.594. The highest BCUT2D eigenvalue weighted by Crippen LogP contribution is 2.14. The number of nitrogens with one attached hydrogen (secondary N) is 1. The lowest BCUT2D eigenvalue weighted by atomic mass is 10.0. The summed E-state index contributed by atoms with van der Waals surface area (Å²) in [6.45, 7) is 4.20. The molecule has 0 spiro atoms. The van der Waals surface area contributed by atoms with E-state index < -0.39 is 0 Å². The monoisotopic (exact) mass is 148 g/mol. The molecule has 0 radical (unpaired) electrons. The van der Waals surface area contributed by atoms with Gasteiger partial charge >= 0.3 is 0 Å². The minimum Gasteiger partial charge on any atom is -0.312 e. The van der Waals surface area contributed by atoms with Gasteiger partial charge in [-0.3, -0.25) is 4.98 Å². The number of nitrogens with zero attached hydrogens (tertiary/aromatic N) is 1. The Balaban J connectivity index is 2.49. The van der Waals surface area contributed by atoms with E-state index in [-0.39, 0.29) is 0 Å². The number of rotatable bonds is 0. The summed E-state index contributed by atoms with van der Waals surface area (Å²) in [5.41, 5.74) is 4.07. The average molecular weight is 148 g/mol. The van der Waals surface area contributed by atoms with E-state index in [2.05, 4.69) is 23.3 Å². The van der Waals surface area contributed by atoms with Crippen molar-refractivity contribution in [2.75, 3.05) is 6.54 Å². The minimum atomic E-state index is 1.01. The summed E-state index contributed by atoms with van der Waals surface area (Å²) in [5.74, 6) is 0. The molecule has 0 unspecified atom stereocenters. The molecule has 0 amide bonds. The van der Waals surface area contributed by atoms with Crippen molar-refractivity contribution in [3.8, 4) is 0 Å². The smallest absolute Gasteiger partial charge is 0.0408 e. The van der Waals surface area contributed by atoms with Gasteiger partial charge in [-0.25, -0.2) is 0 Å². The van der Waals surface area contributed by atoms with Crippen molar-refractivity contribution in [2.24, 2.45) is 0 Å². The first-order chi connectivity index (χ1) is 5.38. The SMILES string of the molecule is Cc1nccc2c1CCNC2. The third-order valence-corrected chi connectivity index (χ3v) is 2.24. The van der Waals surface area contributed by atoms with Crippen LogP contribution in [0.5, 0.6) is 0 Å². The third kappa shape index (κ3) is 1.14. The Labute approximate surface area is 66.7 Å². The van der Waals surface area contributed by atoms with Crippen LogP contribution in [0.15, 0.2) is 12.3 Å².